The maximum atomic E-state index is 5.99. The molecule has 0 radical (unpaired) electrons. The molecule has 0 amide bonds. The molecule has 2 aromatic rings. The minimum atomic E-state index is 0.597. The lowest BCUT2D eigenvalue weighted by atomic mass is 10.2. The molecule has 1 heterocycles. The highest BCUT2D eigenvalue weighted by atomic mass is 35.5. The Labute approximate surface area is 129 Å². The van der Waals surface area contributed by atoms with Gasteiger partial charge in [0, 0.05) is 21.3 Å². The van der Waals surface area contributed by atoms with Gasteiger partial charge in [0.1, 0.15) is 12.4 Å². The van der Waals surface area contributed by atoms with Crippen LogP contribution < -0.4 is 10.1 Å². The van der Waals surface area contributed by atoms with Gasteiger partial charge in [-0.1, -0.05) is 24.6 Å². The molecule has 0 aliphatic heterocycles. The Morgan fingerprint density at radius 2 is 2.00 bits per heavy atom. The van der Waals surface area contributed by atoms with Gasteiger partial charge in [0.15, 0.2) is 0 Å². The highest BCUT2D eigenvalue weighted by Crippen LogP contribution is 2.25. The van der Waals surface area contributed by atoms with Gasteiger partial charge in [-0.2, -0.15) is 0 Å². The standard InChI is InChI=1S/C16H20ClNOS/c1-3-8-18-10-14-6-7-15(20-14)11-19-16-9-13(17)5-4-12(16)2/h4-7,9,18H,3,8,10-11H2,1-2H3. The molecule has 0 aliphatic rings. The van der Waals surface area contributed by atoms with E-state index >= 15 is 0 Å². The summed E-state index contributed by atoms with van der Waals surface area (Å²) in [5.41, 5.74) is 1.11. The molecule has 0 spiro atoms. The molecule has 20 heavy (non-hydrogen) atoms. The second kappa shape index (κ2) is 7.67. The van der Waals surface area contributed by atoms with E-state index in [1.807, 2.05) is 25.1 Å². The normalized spacial score (nSPS) is 10.8. The second-order valence-corrected chi connectivity index (χ2v) is 6.43. The van der Waals surface area contributed by atoms with E-state index in [0.717, 1.165) is 30.8 Å². The molecule has 2 nitrogen and oxygen atoms in total. The lowest BCUT2D eigenvalue weighted by Gasteiger charge is -2.08. The number of nitrogens with one attached hydrogen (secondary N) is 1. The number of rotatable bonds is 7. The van der Waals surface area contributed by atoms with Gasteiger partial charge in [-0.3, -0.25) is 0 Å². The van der Waals surface area contributed by atoms with Crippen molar-refractivity contribution in [3.05, 3.63) is 50.7 Å². The third-order valence-electron chi connectivity index (χ3n) is 2.96. The van der Waals surface area contributed by atoms with Crippen LogP contribution in [-0.2, 0) is 13.2 Å². The molecule has 4 heteroatoms. The molecule has 1 N–H and O–H groups in total. The monoisotopic (exact) mass is 309 g/mol. The van der Waals surface area contributed by atoms with Gasteiger partial charge in [-0.05, 0) is 49.7 Å². The summed E-state index contributed by atoms with van der Waals surface area (Å²) in [7, 11) is 0. The fourth-order valence-corrected chi connectivity index (χ4v) is 2.92. The van der Waals surface area contributed by atoms with Crippen LogP contribution in [0.25, 0.3) is 0 Å². The molecule has 0 unspecified atom stereocenters. The van der Waals surface area contributed by atoms with Gasteiger partial charge < -0.3 is 10.1 Å². The molecule has 0 bridgehead atoms. The zero-order valence-electron chi connectivity index (χ0n) is 11.9. The van der Waals surface area contributed by atoms with Crippen LogP contribution in [0.3, 0.4) is 0 Å². The fraction of sp³-hybridized carbons (Fsp3) is 0.375. The minimum absolute atomic E-state index is 0.597. The number of thiophene rings is 1. The van der Waals surface area contributed by atoms with Crippen molar-refractivity contribution in [2.45, 2.75) is 33.4 Å². The SMILES string of the molecule is CCCNCc1ccc(COc2cc(Cl)ccc2C)s1. The van der Waals surface area contributed by atoms with Crippen LogP contribution in [0.15, 0.2) is 30.3 Å². The van der Waals surface area contributed by atoms with Gasteiger partial charge in [0.2, 0.25) is 0 Å². The third kappa shape index (κ3) is 4.51. The summed E-state index contributed by atoms with van der Waals surface area (Å²) in [6, 6.07) is 10.0. The smallest absolute Gasteiger partial charge is 0.124 e. The van der Waals surface area contributed by atoms with Crippen molar-refractivity contribution in [2.24, 2.45) is 0 Å². The van der Waals surface area contributed by atoms with Crippen LogP contribution in [0.5, 0.6) is 5.75 Å². The Kier molecular flexibility index (Phi) is 5.89. The molecule has 0 fully saturated rings. The number of aryl methyl sites for hydroxylation is 1. The quantitative estimate of drug-likeness (QED) is 0.743. The number of benzene rings is 1. The summed E-state index contributed by atoms with van der Waals surface area (Å²) in [4.78, 5) is 2.58. The van der Waals surface area contributed by atoms with Crippen LogP contribution >= 0.6 is 22.9 Å². The molecule has 0 saturated carbocycles. The van der Waals surface area contributed by atoms with Crippen LogP contribution in [0.4, 0.5) is 0 Å². The van der Waals surface area contributed by atoms with Gasteiger partial charge >= 0.3 is 0 Å². The highest BCUT2D eigenvalue weighted by Gasteiger charge is 2.04. The topological polar surface area (TPSA) is 21.3 Å². The van der Waals surface area contributed by atoms with Crippen molar-refractivity contribution < 1.29 is 4.74 Å². The summed E-state index contributed by atoms with van der Waals surface area (Å²) in [6.07, 6.45) is 1.16. The van der Waals surface area contributed by atoms with Crippen molar-refractivity contribution in [1.29, 1.82) is 0 Å². The molecule has 1 aromatic heterocycles. The van der Waals surface area contributed by atoms with E-state index in [1.165, 1.54) is 9.75 Å². The van der Waals surface area contributed by atoms with Crippen LogP contribution in [0.1, 0.15) is 28.7 Å². The van der Waals surface area contributed by atoms with Gasteiger partial charge in [0.05, 0.1) is 0 Å². The molecule has 0 saturated heterocycles. The highest BCUT2D eigenvalue weighted by molar-refractivity contribution is 7.11. The molecular weight excluding hydrogens is 290 g/mol. The molecule has 2 rings (SSSR count). The zero-order chi connectivity index (χ0) is 14.4. The van der Waals surface area contributed by atoms with Crippen molar-refractivity contribution >= 4 is 22.9 Å². The van der Waals surface area contributed by atoms with Gasteiger partial charge in [-0.25, -0.2) is 0 Å². The Morgan fingerprint density at radius 3 is 2.80 bits per heavy atom. The maximum absolute atomic E-state index is 5.99. The fourth-order valence-electron chi connectivity index (χ4n) is 1.86. The molecular formula is C16H20ClNOS. The van der Waals surface area contributed by atoms with E-state index in [4.69, 9.17) is 16.3 Å². The van der Waals surface area contributed by atoms with Crippen LogP contribution in [0.2, 0.25) is 5.02 Å². The average Bonchev–Trinajstić information content (AvgIpc) is 2.88. The summed E-state index contributed by atoms with van der Waals surface area (Å²) < 4.78 is 5.85. The van der Waals surface area contributed by atoms with E-state index in [9.17, 15) is 0 Å². The molecule has 1 aromatic carbocycles. The lowest BCUT2D eigenvalue weighted by Crippen LogP contribution is -2.12. The summed E-state index contributed by atoms with van der Waals surface area (Å²) in [5.74, 6) is 0.858. The predicted octanol–water partition coefficient (Wildman–Crippen LogP) is 4.79. The van der Waals surface area contributed by atoms with E-state index in [-0.39, 0.29) is 0 Å². The first-order valence-electron chi connectivity index (χ1n) is 6.86. The van der Waals surface area contributed by atoms with Crippen molar-refractivity contribution in [3.8, 4) is 5.75 Å². The lowest BCUT2D eigenvalue weighted by molar-refractivity contribution is 0.307. The Bertz CT molecular complexity index is 553. The molecule has 0 atom stereocenters. The second-order valence-electron chi connectivity index (χ2n) is 4.74. The number of ether oxygens (including phenoxy) is 1. The number of hydrogen-bond acceptors (Lipinski definition) is 3. The summed E-state index contributed by atoms with van der Waals surface area (Å²) in [6.45, 7) is 6.80. The molecule has 108 valence electrons. The third-order valence-corrected chi connectivity index (χ3v) is 4.26. The van der Waals surface area contributed by atoms with Gasteiger partial charge in [-0.15, -0.1) is 11.3 Å². The number of halogens is 1. The first-order valence-corrected chi connectivity index (χ1v) is 8.05. The maximum Gasteiger partial charge on any atom is 0.124 e. The summed E-state index contributed by atoms with van der Waals surface area (Å²) in [5, 5.41) is 4.12. The van der Waals surface area contributed by atoms with E-state index in [2.05, 4.69) is 24.4 Å². The summed E-state index contributed by atoms with van der Waals surface area (Å²) >= 11 is 7.78. The molecule has 0 aliphatic carbocycles. The average molecular weight is 310 g/mol. The van der Waals surface area contributed by atoms with Crippen molar-refractivity contribution in [3.63, 3.8) is 0 Å². The Balaban J connectivity index is 1.89. The van der Waals surface area contributed by atoms with E-state index < -0.39 is 0 Å². The zero-order valence-corrected chi connectivity index (χ0v) is 13.5. The van der Waals surface area contributed by atoms with E-state index in [0.29, 0.717) is 11.6 Å². The van der Waals surface area contributed by atoms with Crippen molar-refractivity contribution in [2.75, 3.05) is 6.54 Å². The first-order chi connectivity index (χ1) is 9.69. The van der Waals surface area contributed by atoms with Crippen molar-refractivity contribution in [1.82, 2.24) is 5.32 Å². The van der Waals surface area contributed by atoms with E-state index in [1.54, 1.807) is 11.3 Å². The minimum Gasteiger partial charge on any atom is -0.488 e. The number of hydrogen-bond donors (Lipinski definition) is 1. The van der Waals surface area contributed by atoms with Gasteiger partial charge in [0.25, 0.3) is 0 Å². The first kappa shape index (κ1) is 15.4. The largest absolute Gasteiger partial charge is 0.488 e. The Hall–Kier alpha value is -1.03. The predicted molar refractivity (Wildman–Crippen MR) is 86.8 cm³/mol. The van der Waals surface area contributed by atoms with Crippen LogP contribution in [0, 0.1) is 6.92 Å². The Morgan fingerprint density at radius 1 is 1.20 bits per heavy atom. The van der Waals surface area contributed by atoms with Crippen LogP contribution in [-0.4, -0.2) is 6.54 Å².